The van der Waals surface area contributed by atoms with Gasteiger partial charge in [-0.05, 0) is 53.4 Å². The maximum atomic E-state index is 11.6. The summed E-state index contributed by atoms with van der Waals surface area (Å²) in [4.78, 5) is 33.5. The third kappa shape index (κ3) is 15.6. The third-order valence-electron chi connectivity index (χ3n) is 4.20. The summed E-state index contributed by atoms with van der Waals surface area (Å²) in [6.45, 7) is 8.12. The van der Waals surface area contributed by atoms with Crippen LogP contribution >= 0.6 is 11.8 Å². The van der Waals surface area contributed by atoms with E-state index in [9.17, 15) is 19.5 Å². The lowest BCUT2D eigenvalue weighted by molar-refractivity contribution is -0.139. The van der Waals surface area contributed by atoms with Gasteiger partial charge in [0, 0.05) is 18.2 Å². The van der Waals surface area contributed by atoms with Gasteiger partial charge >= 0.3 is 11.9 Å². The number of amides is 1. The van der Waals surface area contributed by atoms with Crippen molar-refractivity contribution in [3.8, 4) is 0 Å². The van der Waals surface area contributed by atoms with Crippen molar-refractivity contribution in [2.45, 2.75) is 76.7 Å². The molecule has 3 N–H and O–H groups in total. The summed E-state index contributed by atoms with van der Waals surface area (Å²) in [5.41, 5.74) is 2.58. The monoisotopic (exact) mass is 425 g/mol. The van der Waals surface area contributed by atoms with Crippen LogP contribution in [0.1, 0.15) is 66.2 Å². The fourth-order valence-electron chi connectivity index (χ4n) is 2.62. The highest BCUT2D eigenvalue weighted by Crippen LogP contribution is 2.21. The molecular formula is C22H35NO5S. The molecule has 0 bridgehead atoms. The Hall–Kier alpha value is -2.02. The minimum Gasteiger partial charge on any atom is -0.481 e. The van der Waals surface area contributed by atoms with Crippen molar-refractivity contribution in [1.82, 2.24) is 5.32 Å². The second kappa shape index (κ2) is 15.9. The standard InChI is InChI=1S/C22H35NO5S/c1-5-6-7-9-16(2)10-8-11-17(3)14-18(4)29-19(22(27)28)15-23-20(24)12-13-21(25)26/h5-6,10,14,18-19H,7-9,11-13,15H2,1-4H3,(H,23,24)(H,25,26)(H,27,28)/b6-5?,16-10+,17-14+/t18?,19-/m0/s1. The fourth-order valence-corrected chi connectivity index (χ4v) is 3.74. The Labute approximate surface area is 178 Å². The zero-order valence-corrected chi connectivity index (χ0v) is 18.8. The first-order valence-electron chi connectivity index (χ1n) is 9.96. The zero-order valence-electron chi connectivity index (χ0n) is 17.9. The largest absolute Gasteiger partial charge is 0.481 e. The van der Waals surface area contributed by atoms with E-state index >= 15 is 0 Å². The van der Waals surface area contributed by atoms with Crippen LogP contribution in [0.15, 0.2) is 35.5 Å². The lowest BCUT2D eigenvalue weighted by atomic mass is 10.1. The summed E-state index contributed by atoms with van der Waals surface area (Å²) < 4.78 is 0. The molecule has 0 aliphatic carbocycles. The van der Waals surface area contributed by atoms with Crippen molar-refractivity contribution < 1.29 is 24.6 Å². The molecule has 0 aromatic heterocycles. The van der Waals surface area contributed by atoms with Crippen molar-refractivity contribution in [2.24, 2.45) is 0 Å². The average molecular weight is 426 g/mol. The molecule has 0 radical (unpaired) electrons. The first-order valence-corrected chi connectivity index (χ1v) is 10.9. The molecule has 0 heterocycles. The van der Waals surface area contributed by atoms with Crippen LogP contribution in [-0.2, 0) is 14.4 Å². The summed E-state index contributed by atoms with van der Waals surface area (Å²) in [5.74, 6) is -2.50. The Morgan fingerprint density at radius 3 is 2.24 bits per heavy atom. The van der Waals surface area contributed by atoms with Gasteiger partial charge in [-0.25, -0.2) is 0 Å². The predicted molar refractivity (Wildman–Crippen MR) is 119 cm³/mol. The van der Waals surface area contributed by atoms with E-state index in [1.807, 2.05) is 20.8 Å². The molecule has 1 amide bonds. The highest BCUT2D eigenvalue weighted by molar-refractivity contribution is 8.01. The molecule has 0 fully saturated rings. The van der Waals surface area contributed by atoms with E-state index < -0.39 is 23.1 Å². The van der Waals surface area contributed by atoms with E-state index in [-0.39, 0.29) is 24.6 Å². The number of carboxylic acid groups (broad SMARTS) is 2. The average Bonchev–Trinajstić information content (AvgIpc) is 2.63. The Kier molecular flexibility index (Phi) is 14.7. The zero-order chi connectivity index (χ0) is 22.2. The summed E-state index contributed by atoms with van der Waals surface area (Å²) in [7, 11) is 0. The summed E-state index contributed by atoms with van der Waals surface area (Å²) in [5, 5.41) is 19.7. The van der Waals surface area contributed by atoms with E-state index in [4.69, 9.17) is 5.11 Å². The molecule has 0 saturated heterocycles. The van der Waals surface area contributed by atoms with Gasteiger partial charge in [0.25, 0.3) is 0 Å². The van der Waals surface area contributed by atoms with E-state index in [1.165, 1.54) is 22.9 Å². The van der Waals surface area contributed by atoms with Gasteiger partial charge in [-0.2, -0.15) is 0 Å². The highest BCUT2D eigenvalue weighted by Gasteiger charge is 2.21. The number of carboxylic acids is 2. The van der Waals surface area contributed by atoms with Crippen molar-refractivity contribution in [2.75, 3.05) is 6.54 Å². The van der Waals surface area contributed by atoms with Crippen molar-refractivity contribution >= 4 is 29.6 Å². The second-order valence-corrected chi connectivity index (χ2v) is 8.66. The Morgan fingerprint density at radius 2 is 1.66 bits per heavy atom. The third-order valence-corrected chi connectivity index (χ3v) is 5.46. The van der Waals surface area contributed by atoms with Crippen molar-refractivity contribution in [3.05, 3.63) is 35.5 Å². The van der Waals surface area contributed by atoms with Crippen LogP contribution in [-0.4, -0.2) is 45.1 Å². The smallest absolute Gasteiger partial charge is 0.318 e. The minimum absolute atomic E-state index is 0.00760. The number of hydrogen-bond acceptors (Lipinski definition) is 4. The van der Waals surface area contributed by atoms with Crippen LogP contribution < -0.4 is 5.32 Å². The molecule has 0 aromatic rings. The van der Waals surface area contributed by atoms with E-state index in [0.717, 1.165) is 25.7 Å². The van der Waals surface area contributed by atoms with Crippen molar-refractivity contribution in [3.63, 3.8) is 0 Å². The number of thioether (sulfide) groups is 1. The molecule has 0 saturated carbocycles. The molecule has 0 aliphatic heterocycles. The first kappa shape index (κ1) is 27.0. The number of nitrogens with one attached hydrogen (secondary N) is 1. The summed E-state index contributed by atoms with van der Waals surface area (Å²) in [6.07, 6.45) is 12.1. The van der Waals surface area contributed by atoms with E-state index in [2.05, 4.69) is 36.5 Å². The Morgan fingerprint density at radius 1 is 1.00 bits per heavy atom. The van der Waals surface area contributed by atoms with Crippen LogP contribution in [0.2, 0.25) is 0 Å². The maximum Gasteiger partial charge on any atom is 0.318 e. The Bertz CT molecular complexity index is 625. The second-order valence-electron chi connectivity index (χ2n) is 7.08. The van der Waals surface area contributed by atoms with E-state index in [1.54, 1.807) is 0 Å². The number of hydrogen-bond donors (Lipinski definition) is 3. The number of carbonyl (C=O) groups excluding carboxylic acids is 1. The topological polar surface area (TPSA) is 104 Å². The number of rotatable bonds is 15. The first-order chi connectivity index (χ1) is 13.6. The maximum absolute atomic E-state index is 11.6. The van der Waals surface area contributed by atoms with E-state index in [0.29, 0.717) is 0 Å². The van der Waals surface area contributed by atoms with Gasteiger partial charge in [-0.15, -0.1) is 11.8 Å². The fraction of sp³-hybridized carbons (Fsp3) is 0.591. The number of allylic oxidation sites excluding steroid dienone is 5. The molecule has 2 atom stereocenters. The molecule has 0 aliphatic rings. The van der Waals surface area contributed by atoms with Gasteiger partial charge < -0.3 is 15.5 Å². The normalized spacial score (nSPS) is 14.6. The van der Waals surface area contributed by atoms with Crippen LogP contribution in [0.5, 0.6) is 0 Å². The molecule has 1 unspecified atom stereocenters. The van der Waals surface area contributed by atoms with Crippen LogP contribution in [0.25, 0.3) is 0 Å². The van der Waals surface area contributed by atoms with Gasteiger partial charge in [-0.1, -0.05) is 35.5 Å². The molecule has 164 valence electrons. The van der Waals surface area contributed by atoms with Crippen LogP contribution in [0.3, 0.4) is 0 Å². The number of carbonyl (C=O) groups is 3. The van der Waals surface area contributed by atoms with Crippen molar-refractivity contribution in [1.29, 1.82) is 0 Å². The molecule has 6 nitrogen and oxygen atoms in total. The summed E-state index contributed by atoms with van der Waals surface area (Å²) in [6, 6.07) is 0. The van der Waals surface area contributed by atoms with Gasteiger partial charge in [0.05, 0.1) is 6.42 Å². The SMILES string of the molecule is CC=CCC/C(C)=C/CC/C(C)=C/C(C)S[C@@H](CNC(=O)CCC(=O)O)C(=O)O. The highest BCUT2D eigenvalue weighted by atomic mass is 32.2. The molecule has 0 aromatic carbocycles. The molecule has 0 spiro atoms. The summed E-state index contributed by atoms with van der Waals surface area (Å²) >= 11 is 1.27. The predicted octanol–water partition coefficient (Wildman–Crippen LogP) is 4.57. The lowest BCUT2D eigenvalue weighted by Gasteiger charge is -2.16. The van der Waals surface area contributed by atoms with Gasteiger partial charge in [0.15, 0.2) is 0 Å². The van der Waals surface area contributed by atoms with Crippen LogP contribution in [0, 0.1) is 0 Å². The van der Waals surface area contributed by atoms with Gasteiger partial charge in [0.2, 0.25) is 5.91 Å². The lowest BCUT2D eigenvalue weighted by Crippen LogP contribution is -2.35. The van der Waals surface area contributed by atoms with Gasteiger partial charge in [-0.3, -0.25) is 14.4 Å². The molecule has 7 heteroatoms. The Balaban J connectivity index is 4.45. The molecule has 29 heavy (non-hydrogen) atoms. The quantitative estimate of drug-likeness (QED) is 0.332. The minimum atomic E-state index is -1.05. The molecule has 0 rings (SSSR count). The van der Waals surface area contributed by atoms with Crippen LogP contribution in [0.4, 0.5) is 0 Å². The molecular weight excluding hydrogens is 390 g/mol. The van der Waals surface area contributed by atoms with Gasteiger partial charge in [0.1, 0.15) is 5.25 Å². The number of aliphatic carboxylic acids is 2.